The van der Waals surface area contributed by atoms with E-state index in [1.165, 1.54) is 0 Å². The van der Waals surface area contributed by atoms with Gasteiger partial charge in [-0.05, 0) is 42.8 Å². The molecule has 0 spiro atoms. The second kappa shape index (κ2) is 6.53. The van der Waals surface area contributed by atoms with Gasteiger partial charge >= 0.3 is 5.97 Å². The first-order chi connectivity index (χ1) is 10.7. The number of ether oxygens (including phenoxy) is 1. The zero-order valence-corrected chi connectivity index (χ0v) is 13.4. The van der Waals surface area contributed by atoms with Gasteiger partial charge in [0.05, 0.1) is 25.6 Å². The fourth-order valence-corrected chi connectivity index (χ4v) is 3.24. The van der Waals surface area contributed by atoms with Crippen molar-refractivity contribution in [2.75, 3.05) is 24.6 Å². The number of esters is 1. The average molecular weight is 320 g/mol. The molecule has 2 aromatic rings. The summed E-state index contributed by atoms with van der Waals surface area (Å²) in [5.74, 6) is 0.959. The molecule has 5 heteroatoms. The standard InChI is InChI=1S/C17H19ClN2O2/c1-2-22-17(21)12-7-9-20(10-8-12)15-11-13-5-3-4-6-14(13)16(18)19-15/h3-6,11-12H,2,7-10H2,1H3/p+1. The first-order valence-electron chi connectivity index (χ1n) is 7.71. The molecule has 0 radical (unpaired) electrons. The Labute approximate surface area is 135 Å². The minimum atomic E-state index is -0.0670. The average Bonchev–Trinajstić information content (AvgIpc) is 2.55. The van der Waals surface area contributed by atoms with Crippen LogP contribution in [0.3, 0.4) is 0 Å². The van der Waals surface area contributed by atoms with E-state index < -0.39 is 0 Å². The molecule has 1 fully saturated rings. The van der Waals surface area contributed by atoms with Crippen molar-refractivity contribution >= 4 is 34.2 Å². The molecule has 2 heterocycles. The first kappa shape index (κ1) is 15.1. The summed E-state index contributed by atoms with van der Waals surface area (Å²) in [5, 5.41) is 2.80. The summed E-state index contributed by atoms with van der Waals surface area (Å²) >= 11 is 6.35. The van der Waals surface area contributed by atoms with Crippen LogP contribution < -0.4 is 9.88 Å². The molecule has 22 heavy (non-hydrogen) atoms. The van der Waals surface area contributed by atoms with Crippen molar-refractivity contribution in [3.05, 3.63) is 35.5 Å². The molecule has 0 saturated carbocycles. The second-order valence-electron chi connectivity index (χ2n) is 5.57. The van der Waals surface area contributed by atoms with Crippen molar-refractivity contribution in [1.82, 2.24) is 0 Å². The number of benzene rings is 1. The molecule has 116 valence electrons. The van der Waals surface area contributed by atoms with Gasteiger partial charge in [0.1, 0.15) is 0 Å². The fourth-order valence-electron chi connectivity index (χ4n) is 2.97. The molecule has 0 amide bonds. The number of aromatic amines is 1. The summed E-state index contributed by atoms with van der Waals surface area (Å²) in [4.78, 5) is 17.3. The van der Waals surface area contributed by atoms with E-state index in [2.05, 4.69) is 22.0 Å². The Kier molecular flexibility index (Phi) is 4.48. The quantitative estimate of drug-likeness (QED) is 0.645. The van der Waals surface area contributed by atoms with Crippen molar-refractivity contribution in [2.24, 2.45) is 5.92 Å². The third-order valence-electron chi connectivity index (χ3n) is 4.18. The molecule has 0 bridgehead atoms. The Morgan fingerprint density at radius 1 is 1.36 bits per heavy atom. The van der Waals surface area contributed by atoms with Crippen LogP contribution in [0.15, 0.2) is 30.3 Å². The molecule has 1 aliphatic rings. The van der Waals surface area contributed by atoms with Gasteiger partial charge in [-0.25, -0.2) is 4.98 Å². The smallest absolute Gasteiger partial charge is 0.309 e. The molecule has 1 saturated heterocycles. The number of nitrogens with one attached hydrogen (secondary N) is 1. The van der Waals surface area contributed by atoms with E-state index in [0.717, 1.165) is 42.5 Å². The number of rotatable bonds is 3. The number of fused-ring (bicyclic) bond motifs is 1. The number of carbonyl (C=O) groups excluding carboxylic acids is 1. The summed E-state index contributed by atoms with van der Waals surface area (Å²) in [7, 11) is 0. The van der Waals surface area contributed by atoms with E-state index in [9.17, 15) is 4.79 Å². The number of aromatic nitrogens is 1. The van der Waals surface area contributed by atoms with Crippen LogP contribution in [0, 0.1) is 5.92 Å². The normalized spacial score (nSPS) is 16.0. The molecule has 1 aromatic carbocycles. The van der Waals surface area contributed by atoms with Gasteiger partial charge in [0.2, 0.25) is 5.15 Å². The molecule has 4 nitrogen and oxygen atoms in total. The maximum Gasteiger partial charge on any atom is 0.309 e. The van der Waals surface area contributed by atoms with Crippen molar-refractivity contribution < 1.29 is 14.5 Å². The number of H-pyrrole nitrogens is 1. The van der Waals surface area contributed by atoms with Crippen LogP contribution in [-0.4, -0.2) is 25.7 Å². The van der Waals surface area contributed by atoms with Gasteiger partial charge in [0.15, 0.2) is 0 Å². The lowest BCUT2D eigenvalue weighted by molar-refractivity contribution is -0.359. The van der Waals surface area contributed by atoms with Crippen LogP contribution in [0.2, 0.25) is 5.15 Å². The maximum absolute atomic E-state index is 11.8. The lowest BCUT2D eigenvalue weighted by atomic mass is 9.97. The Balaban J connectivity index is 1.75. The number of halogens is 1. The van der Waals surface area contributed by atoms with Crippen molar-refractivity contribution in [2.45, 2.75) is 19.8 Å². The number of pyridine rings is 1. The lowest BCUT2D eigenvalue weighted by Crippen LogP contribution is -2.39. The number of hydrogen-bond acceptors (Lipinski definition) is 3. The van der Waals surface area contributed by atoms with Gasteiger partial charge in [0.25, 0.3) is 5.82 Å². The Morgan fingerprint density at radius 3 is 2.82 bits per heavy atom. The van der Waals surface area contributed by atoms with Crippen LogP contribution in [0.1, 0.15) is 19.8 Å². The summed E-state index contributed by atoms with van der Waals surface area (Å²) in [6, 6.07) is 10.2. The van der Waals surface area contributed by atoms with Crippen molar-refractivity contribution in [3.63, 3.8) is 0 Å². The molecule has 1 aliphatic heterocycles. The van der Waals surface area contributed by atoms with Gasteiger partial charge < -0.3 is 4.74 Å². The van der Waals surface area contributed by atoms with E-state index in [0.29, 0.717) is 11.8 Å². The summed E-state index contributed by atoms with van der Waals surface area (Å²) in [5.41, 5.74) is 0. The van der Waals surface area contributed by atoms with Gasteiger partial charge in [0, 0.05) is 11.5 Å². The molecule has 0 unspecified atom stereocenters. The number of hydrogen-bond donors (Lipinski definition) is 0. The van der Waals surface area contributed by atoms with Crippen LogP contribution in [-0.2, 0) is 9.53 Å². The molecular weight excluding hydrogens is 300 g/mol. The van der Waals surface area contributed by atoms with Crippen LogP contribution in [0.4, 0.5) is 5.82 Å². The molecule has 1 N–H and O–H groups in total. The maximum atomic E-state index is 11.8. The molecule has 0 aliphatic carbocycles. The monoisotopic (exact) mass is 319 g/mol. The van der Waals surface area contributed by atoms with Gasteiger partial charge in [-0.1, -0.05) is 18.2 Å². The zero-order valence-electron chi connectivity index (χ0n) is 12.6. The third-order valence-corrected chi connectivity index (χ3v) is 4.48. The largest absolute Gasteiger partial charge is 0.466 e. The lowest BCUT2D eigenvalue weighted by Gasteiger charge is -2.26. The number of carbonyl (C=O) groups is 1. The van der Waals surface area contributed by atoms with Crippen molar-refractivity contribution in [3.8, 4) is 0 Å². The number of anilines is 1. The van der Waals surface area contributed by atoms with Crippen LogP contribution in [0.25, 0.3) is 10.8 Å². The molecule has 0 atom stereocenters. The molecule has 3 rings (SSSR count). The highest BCUT2D eigenvalue weighted by Gasteiger charge is 2.30. The fraction of sp³-hybridized carbons (Fsp3) is 0.412. The van der Waals surface area contributed by atoms with Crippen LogP contribution in [0.5, 0.6) is 0 Å². The topological polar surface area (TPSA) is 43.7 Å². The van der Waals surface area contributed by atoms with E-state index in [1.807, 2.05) is 25.1 Å². The number of piperidine rings is 1. The van der Waals surface area contributed by atoms with Crippen LogP contribution >= 0.6 is 11.6 Å². The zero-order chi connectivity index (χ0) is 15.5. The van der Waals surface area contributed by atoms with Gasteiger partial charge in [-0.3, -0.25) is 9.69 Å². The number of nitrogens with zero attached hydrogens (tertiary/aromatic N) is 1. The molecule has 1 aromatic heterocycles. The third kappa shape index (κ3) is 3.02. The van der Waals surface area contributed by atoms with Gasteiger partial charge in [-0.2, -0.15) is 0 Å². The Morgan fingerprint density at radius 2 is 2.09 bits per heavy atom. The SMILES string of the molecule is CCOC(=O)C1CCN(c2cc3ccccc3c(Cl)[nH+]2)CC1. The second-order valence-corrected chi connectivity index (χ2v) is 5.95. The van der Waals surface area contributed by atoms with E-state index in [-0.39, 0.29) is 11.9 Å². The summed E-state index contributed by atoms with van der Waals surface area (Å²) in [6.45, 7) is 3.95. The van der Waals surface area contributed by atoms with E-state index in [1.54, 1.807) is 0 Å². The minimum absolute atomic E-state index is 0.0205. The summed E-state index contributed by atoms with van der Waals surface area (Å²) < 4.78 is 5.11. The summed E-state index contributed by atoms with van der Waals surface area (Å²) in [6.07, 6.45) is 1.63. The highest BCUT2D eigenvalue weighted by molar-refractivity contribution is 6.33. The highest BCUT2D eigenvalue weighted by Crippen LogP contribution is 2.26. The Bertz CT molecular complexity index is 681. The Hall–Kier alpha value is -1.81. The van der Waals surface area contributed by atoms with Crippen molar-refractivity contribution in [1.29, 1.82) is 0 Å². The minimum Gasteiger partial charge on any atom is -0.466 e. The first-order valence-corrected chi connectivity index (χ1v) is 8.09. The highest BCUT2D eigenvalue weighted by atomic mass is 35.5. The predicted octanol–water partition coefficient (Wildman–Crippen LogP) is 3.09. The predicted molar refractivity (Wildman–Crippen MR) is 87.1 cm³/mol. The van der Waals surface area contributed by atoms with Gasteiger partial charge in [-0.15, -0.1) is 0 Å². The van der Waals surface area contributed by atoms with E-state index in [4.69, 9.17) is 16.3 Å². The molecular formula is C17H20ClN2O2+. The van der Waals surface area contributed by atoms with E-state index >= 15 is 0 Å².